The van der Waals surface area contributed by atoms with Crippen LogP contribution < -0.4 is 5.32 Å². The van der Waals surface area contributed by atoms with Crippen LogP contribution in [0, 0.1) is 11.8 Å². The molecule has 120 valence electrons. The summed E-state index contributed by atoms with van der Waals surface area (Å²) in [5, 5.41) is 10.8. The molecular formula is C17H20N4O2. The van der Waals surface area contributed by atoms with Crippen LogP contribution in [-0.4, -0.2) is 39.4 Å². The van der Waals surface area contributed by atoms with Gasteiger partial charge in [-0.15, -0.1) is 10.2 Å². The molecule has 23 heavy (non-hydrogen) atoms. The van der Waals surface area contributed by atoms with Crippen LogP contribution in [0.1, 0.15) is 30.1 Å². The van der Waals surface area contributed by atoms with Crippen molar-refractivity contribution in [2.45, 2.75) is 31.9 Å². The van der Waals surface area contributed by atoms with Gasteiger partial charge in [-0.05, 0) is 37.1 Å². The van der Waals surface area contributed by atoms with E-state index < -0.39 is 0 Å². The second kappa shape index (κ2) is 5.77. The summed E-state index contributed by atoms with van der Waals surface area (Å²) < 4.78 is 7.57. The van der Waals surface area contributed by atoms with Crippen molar-refractivity contribution in [2.24, 2.45) is 11.8 Å². The van der Waals surface area contributed by atoms with Gasteiger partial charge >= 0.3 is 0 Å². The highest BCUT2D eigenvalue weighted by Gasteiger charge is 2.53. The molecule has 1 aliphatic heterocycles. The largest absolute Gasteiger partial charge is 0.377 e. The highest BCUT2D eigenvalue weighted by atomic mass is 16.5. The monoisotopic (exact) mass is 312 g/mol. The number of nitrogens with one attached hydrogen (secondary N) is 1. The third-order valence-electron chi connectivity index (χ3n) is 5.14. The summed E-state index contributed by atoms with van der Waals surface area (Å²) in [7, 11) is 0. The maximum atomic E-state index is 12.5. The van der Waals surface area contributed by atoms with Gasteiger partial charge in [0.15, 0.2) is 0 Å². The molecule has 1 aromatic carbocycles. The van der Waals surface area contributed by atoms with Crippen molar-refractivity contribution in [3.63, 3.8) is 0 Å². The van der Waals surface area contributed by atoms with Gasteiger partial charge in [-0.3, -0.25) is 9.36 Å². The third kappa shape index (κ3) is 2.43. The van der Waals surface area contributed by atoms with Gasteiger partial charge in [0.2, 0.25) is 0 Å². The van der Waals surface area contributed by atoms with Crippen LogP contribution in [0.4, 0.5) is 0 Å². The molecule has 1 aromatic heterocycles. The maximum absolute atomic E-state index is 12.5. The van der Waals surface area contributed by atoms with E-state index in [1.807, 2.05) is 24.3 Å². The lowest BCUT2D eigenvalue weighted by atomic mass is 9.65. The lowest BCUT2D eigenvalue weighted by Crippen LogP contribution is -2.61. The van der Waals surface area contributed by atoms with Gasteiger partial charge in [0.05, 0.1) is 6.10 Å². The minimum absolute atomic E-state index is 0.00546. The number of carbonyl (C=O) groups excluding carboxylic acids is 1. The Kier molecular flexibility index (Phi) is 3.61. The number of nitrogens with zero attached hydrogens (tertiary/aromatic N) is 3. The molecule has 0 radical (unpaired) electrons. The normalized spacial score (nSPS) is 28.9. The van der Waals surface area contributed by atoms with Crippen molar-refractivity contribution in [3.8, 4) is 5.69 Å². The molecule has 2 aromatic rings. The molecule has 1 saturated heterocycles. The number of carbonyl (C=O) groups is 1. The number of rotatable bonds is 4. The van der Waals surface area contributed by atoms with E-state index >= 15 is 0 Å². The summed E-state index contributed by atoms with van der Waals surface area (Å²) in [5.74, 6) is 0.928. The summed E-state index contributed by atoms with van der Waals surface area (Å²) in [4.78, 5) is 12.5. The molecule has 4 unspecified atom stereocenters. The number of hydrogen-bond donors (Lipinski definition) is 1. The highest BCUT2D eigenvalue weighted by Crippen LogP contribution is 2.45. The average molecular weight is 312 g/mol. The number of ether oxygens (including phenoxy) is 1. The lowest BCUT2D eigenvalue weighted by molar-refractivity contribution is -0.0545. The van der Waals surface area contributed by atoms with Crippen LogP contribution in [-0.2, 0) is 4.74 Å². The summed E-state index contributed by atoms with van der Waals surface area (Å²) >= 11 is 0. The number of benzene rings is 1. The van der Waals surface area contributed by atoms with E-state index in [9.17, 15) is 4.79 Å². The second-order valence-electron chi connectivity index (χ2n) is 6.28. The molecule has 0 bridgehead atoms. The van der Waals surface area contributed by atoms with E-state index in [2.05, 4.69) is 22.4 Å². The first-order valence-corrected chi connectivity index (χ1v) is 8.15. The summed E-state index contributed by atoms with van der Waals surface area (Å²) in [5.41, 5.74) is 1.62. The fourth-order valence-electron chi connectivity index (χ4n) is 3.88. The average Bonchev–Trinajstić information content (AvgIpc) is 3.23. The molecule has 2 aliphatic rings. The Bertz CT molecular complexity index is 683. The van der Waals surface area contributed by atoms with E-state index in [0.29, 0.717) is 23.5 Å². The molecular weight excluding hydrogens is 292 g/mol. The first kappa shape index (κ1) is 14.4. The van der Waals surface area contributed by atoms with Crippen molar-refractivity contribution in [1.82, 2.24) is 20.1 Å². The first-order chi connectivity index (χ1) is 11.3. The zero-order chi connectivity index (χ0) is 15.8. The fraction of sp³-hybridized carbons (Fsp3) is 0.471. The molecule has 1 aliphatic carbocycles. The Morgan fingerprint density at radius 2 is 2.04 bits per heavy atom. The van der Waals surface area contributed by atoms with Crippen molar-refractivity contribution < 1.29 is 9.53 Å². The van der Waals surface area contributed by atoms with Crippen LogP contribution in [0.25, 0.3) is 5.69 Å². The lowest BCUT2D eigenvalue weighted by Gasteiger charge is -2.47. The van der Waals surface area contributed by atoms with Crippen molar-refractivity contribution in [2.75, 3.05) is 6.61 Å². The molecule has 4 rings (SSSR count). The van der Waals surface area contributed by atoms with E-state index in [1.54, 1.807) is 17.2 Å². The molecule has 1 amide bonds. The van der Waals surface area contributed by atoms with Crippen molar-refractivity contribution >= 4 is 5.91 Å². The molecule has 1 N–H and O–H groups in total. The minimum atomic E-state index is -0.00546. The zero-order valence-corrected chi connectivity index (χ0v) is 13.1. The Morgan fingerprint density at radius 1 is 1.30 bits per heavy atom. The molecule has 2 heterocycles. The van der Waals surface area contributed by atoms with E-state index in [-0.39, 0.29) is 11.9 Å². The van der Waals surface area contributed by atoms with E-state index in [0.717, 1.165) is 25.1 Å². The van der Waals surface area contributed by atoms with Gasteiger partial charge in [0.1, 0.15) is 12.7 Å². The van der Waals surface area contributed by atoms with Crippen molar-refractivity contribution in [1.29, 1.82) is 0 Å². The van der Waals surface area contributed by atoms with Gasteiger partial charge in [0.25, 0.3) is 5.91 Å². The van der Waals surface area contributed by atoms with Gasteiger partial charge in [-0.2, -0.15) is 0 Å². The number of aromatic nitrogens is 3. The predicted octanol–water partition coefficient (Wildman–Crippen LogP) is 1.81. The first-order valence-electron chi connectivity index (χ1n) is 8.15. The standard InChI is InChI=1S/C17H20N4O2/c1-2-13-15(14-7-8-23-16(13)14)20-17(22)11-3-5-12(6-4-11)21-9-18-19-10-21/h3-6,9-10,13-16H,2,7-8H2,1H3,(H,20,22). The second-order valence-corrected chi connectivity index (χ2v) is 6.28. The predicted molar refractivity (Wildman–Crippen MR) is 84.2 cm³/mol. The molecule has 1 saturated carbocycles. The van der Waals surface area contributed by atoms with E-state index in [4.69, 9.17) is 4.74 Å². The van der Waals surface area contributed by atoms with E-state index in [1.165, 1.54) is 0 Å². The van der Waals surface area contributed by atoms with Gasteiger partial charge in [-0.25, -0.2) is 0 Å². The van der Waals surface area contributed by atoms with Crippen LogP contribution in [0.3, 0.4) is 0 Å². The molecule has 2 fully saturated rings. The topological polar surface area (TPSA) is 69.0 Å². The van der Waals surface area contributed by atoms with Crippen molar-refractivity contribution in [3.05, 3.63) is 42.5 Å². The molecule has 4 atom stereocenters. The van der Waals surface area contributed by atoms with Crippen LogP contribution in [0.5, 0.6) is 0 Å². The summed E-state index contributed by atoms with van der Waals surface area (Å²) in [6, 6.07) is 7.73. The number of amides is 1. The maximum Gasteiger partial charge on any atom is 0.251 e. The Labute approximate surface area is 134 Å². The third-order valence-corrected chi connectivity index (χ3v) is 5.14. The summed E-state index contributed by atoms with van der Waals surface area (Å²) in [6.45, 7) is 2.99. The SMILES string of the molecule is CCC1C(NC(=O)c2ccc(-n3cnnc3)cc2)C2CCOC12. The quantitative estimate of drug-likeness (QED) is 0.935. The smallest absolute Gasteiger partial charge is 0.251 e. The Morgan fingerprint density at radius 3 is 2.74 bits per heavy atom. The summed E-state index contributed by atoms with van der Waals surface area (Å²) in [6.07, 6.45) is 5.71. The minimum Gasteiger partial charge on any atom is -0.377 e. The molecule has 6 heteroatoms. The Balaban J connectivity index is 1.45. The Hall–Kier alpha value is -2.21. The van der Waals surface area contributed by atoms with Gasteiger partial charge in [0, 0.05) is 35.7 Å². The van der Waals surface area contributed by atoms with Gasteiger partial charge < -0.3 is 10.1 Å². The highest BCUT2D eigenvalue weighted by molar-refractivity contribution is 5.94. The zero-order valence-electron chi connectivity index (χ0n) is 13.1. The van der Waals surface area contributed by atoms with Crippen LogP contribution in [0.2, 0.25) is 0 Å². The molecule has 0 spiro atoms. The number of fused-ring (bicyclic) bond motifs is 1. The van der Waals surface area contributed by atoms with Crippen LogP contribution in [0.15, 0.2) is 36.9 Å². The molecule has 6 nitrogen and oxygen atoms in total. The fourth-order valence-corrected chi connectivity index (χ4v) is 3.88. The number of hydrogen-bond acceptors (Lipinski definition) is 4. The van der Waals surface area contributed by atoms with Crippen LogP contribution >= 0.6 is 0 Å². The van der Waals surface area contributed by atoms with Gasteiger partial charge in [-0.1, -0.05) is 6.92 Å².